The van der Waals surface area contributed by atoms with Gasteiger partial charge in [-0.3, -0.25) is 0 Å². The highest BCUT2D eigenvalue weighted by molar-refractivity contribution is 7.11. The van der Waals surface area contributed by atoms with Gasteiger partial charge >= 0.3 is 0 Å². The zero-order valence-corrected chi connectivity index (χ0v) is 21.2. The average molecular weight is 466 g/mol. The molecule has 0 saturated carbocycles. The van der Waals surface area contributed by atoms with Crippen LogP contribution >= 0.6 is 11.3 Å². The Morgan fingerprint density at radius 3 is 2.03 bits per heavy atom. The molecule has 0 atom stereocenters. The Balaban J connectivity index is 1.36. The second-order valence-corrected chi connectivity index (χ2v) is 9.98. The first kappa shape index (κ1) is 25.4. The minimum absolute atomic E-state index is 0.560. The fourth-order valence-corrected chi connectivity index (χ4v) is 4.81. The second-order valence-electron chi connectivity index (χ2n) is 8.78. The van der Waals surface area contributed by atoms with Crippen molar-refractivity contribution in [3.63, 3.8) is 0 Å². The minimum Gasteiger partial charge on any atom is -0.488 e. The zero-order valence-electron chi connectivity index (χ0n) is 20.4. The SMILES string of the molecule is CCCCCCCCCCCc1cnc(-c2ccc(OCc3cnc(CCC)s3)cc2)nc1. The Hall–Kier alpha value is -2.27. The fraction of sp³-hybridized carbons (Fsp3) is 0.536. The number of benzene rings is 1. The Morgan fingerprint density at radius 1 is 0.697 bits per heavy atom. The van der Waals surface area contributed by atoms with Gasteiger partial charge in [-0.1, -0.05) is 65.2 Å². The van der Waals surface area contributed by atoms with E-state index in [0.717, 1.165) is 41.3 Å². The summed E-state index contributed by atoms with van der Waals surface area (Å²) in [6.07, 6.45) is 21.3. The number of thiazole rings is 1. The van der Waals surface area contributed by atoms with Crippen molar-refractivity contribution in [1.82, 2.24) is 15.0 Å². The summed E-state index contributed by atoms with van der Waals surface area (Å²) >= 11 is 1.73. The van der Waals surface area contributed by atoms with Crippen LogP contribution in [0, 0.1) is 0 Å². The Morgan fingerprint density at radius 2 is 1.36 bits per heavy atom. The third-order valence-electron chi connectivity index (χ3n) is 5.83. The summed E-state index contributed by atoms with van der Waals surface area (Å²) in [5.74, 6) is 1.62. The van der Waals surface area contributed by atoms with Crippen LogP contribution in [0.5, 0.6) is 5.75 Å². The lowest BCUT2D eigenvalue weighted by atomic mass is 10.1. The van der Waals surface area contributed by atoms with E-state index in [4.69, 9.17) is 4.74 Å². The van der Waals surface area contributed by atoms with Gasteiger partial charge in [-0.15, -0.1) is 11.3 Å². The van der Waals surface area contributed by atoms with Gasteiger partial charge in [0.05, 0.1) is 9.88 Å². The Bertz CT molecular complexity index is 906. The van der Waals surface area contributed by atoms with Crippen LogP contribution in [-0.2, 0) is 19.4 Å². The van der Waals surface area contributed by atoms with Crippen LogP contribution in [-0.4, -0.2) is 15.0 Å². The maximum absolute atomic E-state index is 5.92. The predicted octanol–water partition coefficient (Wildman–Crippen LogP) is 8.20. The molecule has 0 N–H and O–H groups in total. The quantitative estimate of drug-likeness (QED) is 0.200. The molecule has 0 unspecified atom stereocenters. The number of aryl methyl sites for hydroxylation is 2. The van der Waals surface area contributed by atoms with Crippen molar-refractivity contribution in [3.05, 3.63) is 58.3 Å². The normalized spacial score (nSPS) is 11.1. The first-order chi connectivity index (χ1) is 16.3. The van der Waals surface area contributed by atoms with Gasteiger partial charge < -0.3 is 4.74 Å². The van der Waals surface area contributed by atoms with E-state index in [0.29, 0.717) is 6.61 Å². The van der Waals surface area contributed by atoms with Gasteiger partial charge in [-0.25, -0.2) is 15.0 Å². The Labute approximate surface area is 203 Å². The highest BCUT2D eigenvalue weighted by Crippen LogP contribution is 2.22. The first-order valence-corrected chi connectivity index (χ1v) is 13.6. The smallest absolute Gasteiger partial charge is 0.159 e. The van der Waals surface area contributed by atoms with Gasteiger partial charge in [0, 0.05) is 24.2 Å². The molecule has 2 aromatic heterocycles. The standard InChI is InChI=1S/C28H39N3OS/c1-3-5-6-7-8-9-10-11-12-14-23-19-30-28(31-20-23)24-15-17-25(18-16-24)32-22-26-21-29-27(33-26)13-4-2/h15-21H,3-14,22H2,1-2H3. The predicted molar refractivity (Wildman–Crippen MR) is 139 cm³/mol. The van der Waals surface area contributed by atoms with E-state index in [1.54, 1.807) is 11.3 Å². The van der Waals surface area contributed by atoms with E-state index >= 15 is 0 Å². The molecule has 0 amide bonds. The lowest BCUT2D eigenvalue weighted by Crippen LogP contribution is -1.95. The van der Waals surface area contributed by atoms with E-state index < -0.39 is 0 Å². The monoisotopic (exact) mass is 465 g/mol. The summed E-state index contributed by atoms with van der Waals surface area (Å²) < 4.78 is 5.92. The van der Waals surface area contributed by atoms with Gasteiger partial charge in [-0.05, 0) is 55.5 Å². The summed E-state index contributed by atoms with van der Waals surface area (Å²) in [5.41, 5.74) is 2.24. The lowest BCUT2D eigenvalue weighted by molar-refractivity contribution is 0.309. The van der Waals surface area contributed by atoms with Crippen molar-refractivity contribution >= 4 is 11.3 Å². The van der Waals surface area contributed by atoms with E-state index in [1.165, 1.54) is 68.4 Å². The number of ether oxygens (including phenoxy) is 1. The summed E-state index contributed by atoms with van der Waals surface area (Å²) in [5, 5.41) is 1.19. The van der Waals surface area contributed by atoms with Crippen LogP contribution < -0.4 is 4.74 Å². The molecule has 3 aromatic rings. The highest BCUT2D eigenvalue weighted by atomic mass is 32.1. The van der Waals surface area contributed by atoms with Crippen molar-refractivity contribution < 1.29 is 4.74 Å². The van der Waals surface area contributed by atoms with Gasteiger partial charge in [-0.2, -0.15) is 0 Å². The topological polar surface area (TPSA) is 47.9 Å². The molecule has 0 spiro atoms. The molecule has 0 saturated heterocycles. The van der Waals surface area contributed by atoms with Gasteiger partial charge in [0.15, 0.2) is 5.82 Å². The maximum atomic E-state index is 5.92. The van der Waals surface area contributed by atoms with Crippen LogP contribution in [0.25, 0.3) is 11.4 Å². The molecule has 178 valence electrons. The minimum atomic E-state index is 0.560. The largest absolute Gasteiger partial charge is 0.488 e. The summed E-state index contributed by atoms with van der Waals surface area (Å²) in [4.78, 5) is 14.8. The van der Waals surface area contributed by atoms with Crippen LogP contribution in [0.3, 0.4) is 0 Å². The van der Waals surface area contributed by atoms with Crippen molar-refractivity contribution in [2.24, 2.45) is 0 Å². The van der Waals surface area contributed by atoms with E-state index in [9.17, 15) is 0 Å². The third-order valence-corrected chi connectivity index (χ3v) is 6.86. The van der Waals surface area contributed by atoms with Crippen LogP contribution in [0.4, 0.5) is 0 Å². The molecule has 33 heavy (non-hydrogen) atoms. The molecule has 0 aliphatic heterocycles. The molecular formula is C28H39N3OS. The van der Waals surface area contributed by atoms with E-state index in [-0.39, 0.29) is 0 Å². The van der Waals surface area contributed by atoms with Gasteiger partial charge in [0.2, 0.25) is 0 Å². The molecule has 4 nitrogen and oxygen atoms in total. The molecule has 0 radical (unpaired) electrons. The van der Waals surface area contributed by atoms with Crippen LogP contribution in [0.2, 0.25) is 0 Å². The van der Waals surface area contributed by atoms with Crippen molar-refractivity contribution in [2.75, 3.05) is 0 Å². The molecule has 0 bridgehead atoms. The molecule has 0 aliphatic rings. The van der Waals surface area contributed by atoms with Crippen molar-refractivity contribution in [1.29, 1.82) is 0 Å². The number of hydrogen-bond acceptors (Lipinski definition) is 5. The molecule has 3 rings (SSSR count). The maximum Gasteiger partial charge on any atom is 0.159 e. The summed E-state index contributed by atoms with van der Waals surface area (Å²) in [6, 6.07) is 8.03. The molecule has 0 aliphatic carbocycles. The second kappa shape index (κ2) is 14.8. The van der Waals surface area contributed by atoms with Gasteiger partial charge in [0.25, 0.3) is 0 Å². The average Bonchev–Trinajstić information content (AvgIpc) is 3.30. The molecular weight excluding hydrogens is 426 g/mol. The number of nitrogens with zero attached hydrogens (tertiary/aromatic N) is 3. The third kappa shape index (κ3) is 9.24. The molecule has 0 fully saturated rings. The molecule has 1 aromatic carbocycles. The highest BCUT2D eigenvalue weighted by Gasteiger charge is 2.05. The van der Waals surface area contributed by atoms with Crippen LogP contribution in [0.15, 0.2) is 42.9 Å². The van der Waals surface area contributed by atoms with Crippen LogP contribution in [0.1, 0.15) is 93.5 Å². The molecule has 5 heteroatoms. The van der Waals surface area contributed by atoms with Crippen molar-refractivity contribution in [2.45, 2.75) is 97.5 Å². The van der Waals surface area contributed by atoms with Gasteiger partial charge in [0.1, 0.15) is 12.4 Å². The number of aromatic nitrogens is 3. The van der Waals surface area contributed by atoms with E-state index in [1.807, 2.05) is 42.9 Å². The summed E-state index contributed by atoms with van der Waals surface area (Å²) in [6.45, 7) is 5.01. The number of unbranched alkanes of at least 4 members (excludes halogenated alkanes) is 8. The summed E-state index contributed by atoms with van der Waals surface area (Å²) in [7, 11) is 0. The Kier molecular flexibility index (Phi) is 11.4. The van der Waals surface area contributed by atoms with Crippen molar-refractivity contribution in [3.8, 4) is 17.1 Å². The number of hydrogen-bond donors (Lipinski definition) is 0. The zero-order chi connectivity index (χ0) is 23.1. The number of rotatable bonds is 16. The lowest BCUT2D eigenvalue weighted by Gasteiger charge is -2.06. The fourth-order valence-electron chi connectivity index (χ4n) is 3.87. The molecule has 2 heterocycles. The van der Waals surface area contributed by atoms with E-state index in [2.05, 4.69) is 28.8 Å². The first-order valence-electron chi connectivity index (χ1n) is 12.8.